The fraction of sp³-hybridized carbons (Fsp3) is 1.00. The molecule has 0 saturated carbocycles. The minimum atomic E-state index is -0.877. The Kier molecular flexibility index (Phi) is 10.3. The summed E-state index contributed by atoms with van der Waals surface area (Å²) in [5.41, 5.74) is 0. The van der Waals surface area contributed by atoms with Crippen molar-refractivity contribution < 1.29 is 13.0 Å². The molecule has 0 rings (SSSR count). The molecular weight excluding hydrogens is 272 g/mol. The topological polar surface area (TPSA) is 27.7 Å². The maximum absolute atomic E-state index is 5.94. The van der Waals surface area contributed by atoms with Crippen LogP contribution in [0.2, 0.25) is 0 Å². The molecule has 0 bridgehead atoms. The molecule has 0 N–H and O–H groups in total. The van der Waals surface area contributed by atoms with E-state index in [4.69, 9.17) is 13.0 Å². The van der Waals surface area contributed by atoms with Gasteiger partial charge in [-0.15, -0.1) is 0 Å². The van der Waals surface area contributed by atoms with Crippen LogP contribution in [0.5, 0.6) is 0 Å². The lowest BCUT2D eigenvalue weighted by atomic mass is 9.97. The van der Waals surface area contributed by atoms with Gasteiger partial charge in [-0.05, 0) is 23.7 Å². The lowest BCUT2D eigenvalue weighted by Gasteiger charge is -2.27. The first-order chi connectivity index (χ1) is 8.77. The number of hydrogen-bond acceptors (Lipinski definition) is 3. The van der Waals surface area contributed by atoms with Crippen LogP contribution in [0.1, 0.15) is 55.4 Å². The first kappa shape index (κ1) is 19.3. The average Bonchev–Trinajstić information content (AvgIpc) is 2.25. The average molecular weight is 307 g/mol. The molecular formula is C14H34O3Si2. The zero-order chi connectivity index (χ0) is 15.0. The second kappa shape index (κ2) is 10.1. The lowest BCUT2D eigenvalue weighted by Crippen LogP contribution is -2.31. The summed E-state index contributed by atoms with van der Waals surface area (Å²) >= 11 is 0. The molecule has 3 nitrogen and oxygen atoms in total. The maximum Gasteiger partial charge on any atom is 0.295 e. The first-order valence-corrected chi connectivity index (χ1v) is 9.89. The fourth-order valence-corrected chi connectivity index (χ4v) is 5.49. The Morgan fingerprint density at radius 1 is 0.526 bits per heavy atom. The Hall–Kier alpha value is 0.314. The van der Waals surface area contributed by atoms with Crippen LogP contribution in [0.4, 0.5) is 0 Å². The standard InChI is InChI=1S/C14H34O3Si2/c1-9(2)13(10(3)4)15-18-17-19-16-14(11(5)6)12(7)8/h9-14H,18-19H2,1-8H3. The van der Waals surface area contributed by atoms with Gasteiger partial charge in [0.15, 0.2) is 0 Å². The number of hydrogen-bond donors (Lipinski definition) is 0. The summed E-state index contributed by atoms with van der Waals surface area (Å²) in [7, 11) is -1.75. The Morgan fingerprint density at radius 2 is 0.789 bits per heavy atom. The van der Waals surface area contributed by atoms with Crippen LogP contribution in [0, 0.1) is 23.7 Å². The summed E-state index contributed by atoms with van der Waals surface area (Å²) in [4.78, 5) is 0. The summed E-state index contributed by atoms with van der Waals surface area (Å²) in [5, 5.41) is 0. The monoisotopic (exact) mass is 306 g/mol. The molecule has 0 radical (unpaired) electrons. The zero-order valence-electron chi connectivity index (χ0n) is 14.1. The van der Waals surface area contributed by atoms with Crippen molar-refractivity contribution in [3.63, 3.8) is 0 Å². The fourth-order valence-electron chi connectivity index (χ4n) is 2.60. The maximum atomic E-state index is 5.94. The third-order valence-corrected chi connectivity index (χ3v) is 5.69. The van der Waals surface area contributed by atoms with Gasteiger partial charge in [-0.3, -0.25) is 0 Å². The van der Waals surface area contributed by atoms with Gasteiger partial charge in [-0.25, -0.2) is 0 Å². The molecule has 0 heterocycles. The van der Waals surface area contributed by atoms with E-state index in [2.05, 4.69) is 55.4 Å². The molecule has 116 valence electrons. The van der Waals surface area contributed by atoms with E-state index in [1.807, 2.05) is 0 Å². The third-order valence-electron chi connectivity index (χ3n) is 3.32. The smallest absolute Gasteiger partial charge is 0.295 e. The minimum Gasteiger partial charge on any atom is -0.424 e. The van der Waals surface area contributed by atoms with E-state index in [9.17, 15) is 0 Å². The molecule has 0 aromatic rings. The summed E-state index contributed by atoms with van der Waals surface area (Å²) in [5.74, 6) is 2.21. The first-order valence-electron chi connectivity index (χ1n) is 7.58. The molecule has 0 aliphatic rings. The van der Waals surface area contributed by atoms with Crippen molar-refractivity contribution in [1.82, 2.24) is 0 Å². The molecule has 0 aromatic heterocycles. The van der Waals surface area contributed by atoms with E-state index in [0.717, 1.165) is 0 Å². The lowest BCUT2D eigenvalue weighted by molar-refractivity contribution is 0.0761. The largest absolute Gasteiger partial charge is 0.424 e. The zero-order valence-corrected chi connectivity index (χ0v) is 16.9. The van der Waals surface area contributed by atoms with Gasteiger partial charge in [0, 0.05) is 0 Å². The van der Waals surface area contributed by atoms with Crippen molar-refractivity contribution in [2.45, 2.75) is 67.6 Å². The SMILES string of the molecule is CC(C)C(O[SiH2]O[SiH2]OC(C(C)C)C(C)C)C(C)C. The highest BCUT2D eigenvalue weighted by Gasteiger charge is 2.19. The predicted molar refractivity (Wildman–Crippen MR) is 87.3 cm³/mol. The van der Waals surface area contributed by atoms with E-state index >= 15 is 0 Å². The summed E-state index contributed by atoms with van der Waals surface area (Å²) in [6.45, 7) is 17.7. The summed E-state index contributed by atoms with van der Waals surface area (Å²) in [6, 6.07) is 0. The highest BCUT2D eigenvalue weighted by Crippen LogP contribution is 2.16. The van der Waals surface area contributed by atoms with E-state index in [0.29, 0.717) is 35.9 Å². The van der Waals surface area contributed by atoms with Gasteiger partial charge in [-0.1, -0.05) is 55.4 Å². The quantitative estimate of drug-likeness (QED) is 0.458. The van der Waals surface area contributed by atoms with Gasteiger partial charge < -0.3 is 13.0 Å². The van der Waals surface area contributed by atoms with Gasteiger partial charge in [-0.2, -0.15) is 0 Å². The van der Waals surface area contributed by atoms with E-state index in [1.165, 1.54) is 0 Å². The molecule has 0 atom stereocenters. The Bertz CT molecular complexity index is 183. The highest BCUT2D eigenvalue weighted by molar-refractivity contribution is 6.34. The van der Waals surface area contributed by atoms with Crippen molar-refractivity contribution >= 4 is 20.0 Å². The van der Waals surface area contributed by atoms with Crippen LogP contribution < -0.4 is 0 Å². The highest BCUT2D eigenvalue weighted by atomic mass is 28.3. The van der Waals surface area contributed by atoms with E-state index in [1.54, 1.807) is 0 Å². The van der Waals surface area contributed by atoms with Crippen molar-refractivity contribution in [3.8, 4) is 0 Å². The molecule has 19 heavy (non-hydrogen) atoms. The van der Waals surface area contributed by atoms with Gasteiger partial charge in [0.25, 0.3) is 20.0 Å². The molecule has 0 aliphatic heterocycles. The normalized spacial score (nSPS) is 14.2. The van der Waals surface area contributed by atoms with Crippen molar-refractivity contribution in [2.24, 2.45) is 23.7 Å². The Balaban J connectivity index is 3.85. The Morgan fingerprint density at radius 3 is 1.00 bits per heavy atom. The molecule has 5 heteroatoms. The predicted octanol–water partition coefficient (Wildman–Crippen LogP) is 2.40. The van der Waals surface area contributed by atoms with Crippen LogP contribution >= 0.6 is 0 Å². The summed E-state index contributed by atoms with van der Waals surface area (Å²) < 4.78 is 17.6. The molecule has 0 aromatic carbocycles. The molecule has 0 saturated heterocycles. The van der Waals surface area contributed by atoms with E-state index in [-0.39, 0.29) is 0 Å². The number of rotatable bonds is 10. The van der Waals surface area contributed by atoms with Crippen LogP contribution in [0.15, 0.2) is 0 Å². The van der Waals surface area contributed by atoms with Gasteiger partial charge in [0.2, 0.25) is 0 Å². The van der Waals surface area contributed by atoms with Crippen LogP contribution in [-0.2, 0) is 13.0 Å². The second-order valence-corrected chi connectivity index (χ2v) is 9.45. The van der Waals surface area contributed by atoms with Crippen LogP contribution in [-0.4, -0.2) is 32.2 Å². The van der Waals surface area contributed by atoms with E-state index < -0.39 is 20.0 Å². The Labute approximate surface area is 124 Å². The third kappa shape index (κ3) is 8.24. The molecule has 0 amide bonds. The second-order valence-electron chi connectivity index (χ2n) is 6.68. The van der Waals surface area contributed by atoms with Gasteiger partial charge in [0.05, 0.1) is 12.2 Å². The van der Waals surface area contributed by atoms with Gasteiger partial charge >= 0.3 is 0 Å². The van der Waals surface area contributed by atoms with Crippen LogP contribution in [0.3, 0.4) is 0 Å². The van der Waals surface area contributed by atoms with Crippen molar-refractivity contribution in [3.05, 3.63) is 0 Å². The summed E-state index contributed by atoms with van der Waals surface area (Å²) in [6.07, 6.45) is 0.651. The molecule has 0 unspecified atom stereocenters. The van der Waals surface area contributed by atoms with Crippen molar-refractivity contribution in [1.29, 1.82) is 0 Å². The van der Waals surface area contributed by atoms with Gasteiger partial charge in [0.1, 0.15) is 0 Å². The molecule has 0 fully saturated rings. The minimum absolute atomic E-state index is 0.326. The van der Waals surface area contributed by atoms with Crippen molar-refractivity contribution in [2.75, 3.05) is 0 Å². The van der Waals surface area contributed by atoms with Crippen LogP contribution in [0.25, 0.3) is 0 Å². The molecule has 0 spiro atoms. The molecule has 0 aliphatic carbocycles.